The van der Waals surface area contributed by atoms with Gasteiger partial charge < -0.3 is 4.90 Å². The molecule has 0 aromatic heterocycles. The lowest BCUT2D eigenvalue weighted by Gasteiger charge is -2.43. The first kappa shape index (κ1) is 14.4. The van der Waals surface area contributed by atoms with Crippen LogP contribution in [0.3, 0.4) is 0 Å². The largest absolute Gasteiger partial charge is 0.362 e. The molecule has 1 atom stereocenters. The van der Waals surface area contributed by atoms with Gasteiger partial charge in [0.25, 0.3) is 0 Å². The van der Waals surface area contributed by atoms with Crippen LogP contribution in [-0.4, -0.2) is 29.1 Å². The van der Waals surface area contributed by atoms with Crippen molar-refractivity contribution in [2.75, 3.05) is 13.1 Å². The molecule has 1 aromatic rings. The Labute approximate surface area is 122 Å². The topological polar surface area (TPSA) is 6.48 Å². The lowest BCUT2D eigenvalue weighted by Crippen LogP contribution is -2.50. The van der Waals surface area contributed by atoms with Gasteiger partial charge in [-0.1, -0.05) is 36.4 Å². The normalized spacial score (nSPS) is 23.4. The summed E-state index contributed by atoms with van der Waals surface area (Å²) >= 11 is 0. The number of allylic oxidation sites excluding steroid dienone is 1. The Bertz CT molecular complexity index is 404. The van der Waals surface area contributed by atoms with Crippen LogP contribution >= 0.6 is 12.4 Å². The average molecular weight is 279 g/mol. The summed E-state index contributed by atoms with van der Waals surface area (Å²) in [5.41, 5.74) is 1.44. The smallest absolute Gasteiger partial charge is 0.0817 e. The second-order valence-electron chi connectivity index (χ2n) is 5.34. The fraction of sp³-hybridized carbons (Fsp3) is 0.500. The van der Waals surface area contributed by atoms with Crippen molar-refractivity contribution < 1.29 is 0 Å². The van der Waals surface area contributed by atoms with Crippen LogP contribution in [0.15, 0.2) is 42.6 Å². The number of hydrogen-bond donors (Lipinski definition) is 0. The highest BCUT2D eigenvalue weighted by atomic mass is 35.5. The van der Waals surface area contributed by atoms with E-state index in [1.54, 1.807) is 0 Å². The molecule has 104 valence electrons. The minimum absolute atomic E-state index is 0. The zero-order chi connectivity index (χ0) is 12.2. The van der Waals surface area contributed by atoms with E-state index in [0.717, 1.165) is 6.54 Å². The fourth-order valence-corrected chi connectivity index (χ4v) is 3.12. The second-order valence-corrected chi connectivity index (χ2v) is 5.34. The van der Waals surface area contributed by atoms with E-state index >= 15 is 0 Å². The minimum atomic E-state index is 0. The van der Waals surface area contributed by atoms with Crippen LogP contribution in [0.25, 0.3) is 0 Å². The minimum Gasteiger partial charge on any atom is -0.362 e. The summed E-state index contributed by atoms with van der Waals surface area (Å²) in [4.78, 5) is 5.19. The molecule has 0 bridgehead atoms. The second kappa shape index (κ2) is 6.97. The molecule has 0 radical (unpaired) electrons. The molecule has 3 heteroatoms. The van der Waals surface area contributed by atoms with E-state index in [-0.39, 0.29) is 12.4 Å². The molecule has 1 aromatic carbocycles. The Balaban J connectivity index is 0.00000133. The highest BCUT2D eigenvalue weighted by Gasteiger charge is 2.27. The molecular formula is C16H23ClN2. The summed E-state index contributed by atoms with van der Waals surface area (Å²) in [6.45, 7) is 3.56. The summed E-state index contributed by atoms with van der Waals surface area (Å²) in [5, 5.41) is 0. The highest BCUT2D eigenvalue weighted by Crippen LogP contribution is 2.24. The molecule has 2 nitrogen and oxygen atoms in total. The molecule has 19 heavy (non-hydrogen) atoms. The summed E-state index contributed by atoms with van der Waals surface area (Å²) < 4.78 is 0. The van der Waals surface area contributed by atoms with Gasteiger partial charge in [-0.25, -0.2) is 0 Å². The zero-order valence-electron chi connectivity index (χ0n) is 11.4. The Kier molecular flexibility index (Phi) is 5.29. The van der Waals surface area contributed by atoms with Crippen molar-refractivity contribution >= 4 is 12.4 Å². The third-order valence-corrected chi connectivity index (χ3v) is 4.02. The van der Waals surface area contributed by atoms with Gasteiger partial charge in [-0.3, -0.25) is 4.90 Å². The van der Waals surface area contributed by atoms with Crippen molar-refractivity contribution in [3.63, 3.8) is 0 Å². The molecule has 1 unspecified atom stereocenters. The molecule has 2 aliphatic heterocycles. The van der Waals surface area contributed by atoms with Crippen molar-refractivity contribution in [1.82, 2.24) is 9.80 Å². The van der Waals surface area contributed by atoms with Crippen LogP contribution in [0, 0.1) is 0 Å². The van der Waals surface area contributed by atoms with Crippen molar-refractivity contribution in [3.05, 3.63) is 48.2 Å². The zero-order valence-corrected chi connectivity index (χ0v) is 12.2. The van der Waals surface area contributed by atoms with Gasteiger partial charge in [0.05, 0.1) is 6.17 Å². The lowest BCUT2D eigenvalue weighted by atomic mass is 10.1. The van der Waals surface area contributed by atoms with Crippen LogP contribution in [0.5, 0.6) is 0 Å². The van der Waals surface area contributed by atoms with Gasteiger partial charge in [0, 0.05) is 19.6 Å². The molecule has 0 amide bonds. The summed E-state index contributed by atoms with van der Waals surface area (Å²) in [6.07, 6.45) is 10.4. The van der Waals surface area contributed by atoms with Crippen LogP contribution in [-0.2, 0) is 6.54 Å². The lowest BCUT2D eigenvalue weighted by molar-refractivity contribution is 0.0260. The molecule has 3 rings (SSSR count). The molecular weight excluding hydrogens is 256 g/mol. The molecule has 0 aliphatic carbocycles. The summed E-state index contributed by atoms with van der Waals surface area (Å²) in [6, 6.07) is 10.9. The molecule has 2 aliphatic rings. The van der Waals surface area contributed by atoms with E-state index in [0.29, 0.717) is 6.17 Å². The van der Waals surface area contributed by atoms with Crippen molar-refractivity contribution in [2.24, 2.45) is 0 Å². The van der Waals surface area contributed by atoms with E-state index < -0.39 is 0 Å². The van der Waals surface area contributed by atoms with Crippen LogP contribution in [0.1, 0.15) is 31.2 Å². The van der Waals surface area contributed by atoms with E-state index in [2.05, 4.69) is 52.4 Å². The standard InChI is InChI=1S/C16H22N2.ClH/c1-3-8-15(9-4-1)14-18-13-7-12-17-11-6-2-5-10-16(17)18;/h1,3-4,6,8-9,11,16H,2,5,7,10,12-14H2;1H. The van der Waals surface area contributed by atoms with Crippen molar-refractivity contribution in [3.8, 4) is 0 Å². The Morgan fingerprint density at radius 2 is 1.89 bits per heavy atom. The number of hydrogen-bond acceptors (Lipinski definition) is 2. The Hall–Kier alpha value is -0.990. The molecule has 0 saturated carbocycles. The van der Waals surface area contributed by atoms with Crippen LogP contribution < -0.4 is 0 Å². The van der Waals surface area contributed by atoms with E-state index in [1.807, 2.05) is 0 Å². The first-order valence-electron chi connectivity index (χ1n) is 7.14. The Morgan fingerprint density at radius 3 is 2.74 bits per heavy atom. The number of benzene rings is 1. The first-order valence-corrected chi connectivity index (χ1v) is 7.14. The molecule has 1 saturated heterocycles. The summed E-state index contributed by atoms with van der Waals surface area (Å²) in [7, 11) is 0. The Morgan fingerprint density at radius 1 is 1.05 bits per heavy atom. The third-order valence-electron chi connectivity index (χ3n) is 4.02. The maximum atomic E-state index is 2.65. The van der Waals surface area contributed by atoms with Gasteiger partial charge in [-0.2, -0.15) is 0 Å². The van der Waals surface area contributed by atoms with Crippen molar-refractivity contribution in [1.29, 1.82) is 0 Å². The van der Waals surface area contributed by atoms with Gasteiger partial charge in [0.15, 0.2) is 0 Å². The first-order chi connectivity index (χ1) is 8.93. The monoisotopic (exact) mass is 278 g/mol. The molecule has 0 spiro atoms. The predicted molar refractivity (Wildman–Crippen MR) is 82.2 cm³/mol. The van der Waals surface area contributed by atoms with Gasteiger partial charge in [0.1, 0.15) is 0 Å². The fourth-order valence-electron chi connectivity index (χ4n) is 3.12. The number of rotatable bonds is 2. The van der Waals surface area contributed by atoms with Gasteiger partial charge in [-0.15, -0.1) is 12.4 Å². The van der Waals surface area contributed by atoms with Gasteiger partial charge in [0.2, 0.25) is 0 Å². The average Bonchev–Trinajstić information content (AvgIpc) is 2.66. The quantitative estimate of drug-likeness (QED) is 0.815. The van der Waals surface area contributed by atoms with Crippen molar-refractivity contribution in [2.45, 2.75) is 38.4 Å². The third kappa shape index (κ3) is 3.52. The maximum Gasteiger partial charge on any atom is 0.0817 e. The molecule has 1 fully saturated rings. The molecule has 0 N–H and O–H groups in total. The van der Waals surface area contributed by atoms with Crippen LogP contribution in [0.2, 0.25) is 0 Å². The van der Waals surface area contributed by atoms with E-state index in [1.165, 1.54) is 44.3 Å². The van der Waals surface area contributed by atoms with Gasteiger partial charge in [-0.05, 0) is 37.4 Å². The number of fused-ring (bicyclic) bond motifs is 1. The number of halogens is 1. The highest BCUT2D eigenvalue weighted by molar-refractivity contribution is 5.85. The van der Waals surface area contributed by atoms with Crippen LogP contribution in [0.4, 0.5) is 0 Å². The predicted octanol–water partition coefficient (Wildman–Crippen LogP) is 3.64. The van der Waals surface area contributed by atoms with E-state index in [9.17, 15) is 0 Å². The summed E-state index contributed by atoms with van der Waals surface area (Å²) in [5.74, 6) is 0. The van der Waals surface area contributed by atoms with Gasteiger partial charge >= 0.3 is 0 Å². The number of nitrogens with zero attached hydrogens (tertiary/aromatic N) is 2. The van der Waals surface area contributed by atoms with E-state index in [4.69, 9.17) is 0 Å². The maximum absolute atomic E-state index is 2.65. The SMILES string of the molecule is C1=CN2CCCN(Cc3ccccc3)C2CCC1.Cl. The molecule has 2 heterocycles.